The third kappa shape index (κ3) is 12.8. The normalized spacial score (nSPS) is 24.4. The van der Waals surface area contributed by atoms with Crippen LogP contribution in [-0.4, -0.2) is 127 Å². The molecule has 9 heterocycles. The van der Waals surface area contributed by atoms with E-state index in [1.54, 1.807) is 0 Å². The molecule has 0 saturated carbocycles. The van der Waals surface area contributed by atoms with E-state index in [4.69, 9.17) is 14.2 Å². The maximum atomic E-state index is 7.16. The van der Waals surface area contributed by atoms with Crippen molar-refractivity contribution in [1.29, 1.82) is 0 Å². The van der Waals surface area contributed by atoms with Gasteiger partial charge >= 0.3 is 0 Å². The predicted octanol–water partition coefficient (Wildman–Crippen LogP) is 14.8. The molecule has 3 atom stereocenters. The summed E-state index contributed by atoms with van der Waals surface area (Å²) in [6.45, 7) is 28.8. The molecule has 0 saturated heterocycles. The molecule has 0 fully saturated rings. The smallest absolute Gasteiger partial charge is 0.211 e. The molecule has 0 unspecified atom stereocenters. The van der Waals surface area contributed by atoms with Crippen molar-refractivity contribution in [3.63, 3.8) is 0 Å². The number of para-hydroxylation sites is 3. The van der Waals surface area contributed by atoms with Gasteiger partial charge in [-0.15, -0.1) is 0 Å². The van der Waals surface area contributed by atoms with Crippen LogP contribution in [0.2, 0.25) is 0 Å². The van der Waals surface area contributed by atoms with E-state index in [0.717, 1.165) is 152 Å². The fourth-order valence-electron chi connectivity index (χ4n) is 18.8. The average Bonchev–Trinajstić information content (AvgIpc) is 1.58. The van der Waals surface area contributed by atoms with Crippen molar-refractivity contribution < 1.29 is 14.2 Å². The van der Waals surface area contributed by atoms with Crippen molar-refractivity contribution in [3.05, 3.63) is 267 Å². The number of rotatable bonds is 3. The Morgan fingerprint density at radius 2 is 0.523 bits per heavy atom. The van der Waals surface area contributed by atoms with Crippen molar-refractivity contribution >= 4 is 35.3 Å². The van der Waals surface area contributed by atoms with Gasteiger partial charge in [-0.1, -0.05) is 91.0 Å². The lowest BCUT2D eigenvalue weighted by Gasteiger charge is -2.45. The molecule has 0 radical (unpaired) electrons. The van der Waals surface area contributed by atoms with Gasteiger partial charge in [0.2, 0.25) is 17.2 Å². The molecule has 14 heteroatoms. The van der Waals surface area contributed by atoms with E-state index in [-0.39, 0.29) is 16.2 Å². The quantitative estimate of drug-likeness (QED) is 0.101. The number of benzene rings is 9. The molecule has 18 rings (SSSR count). The summed E-state index contributed by atoms with van der Waals surface area (Å²) in [6, 6.07) is 68.0. The molecular formula is C93H105N11O3. The molecule has 9 aromatic carbocycles. The lowest BCUT2D eigenvalue weighted by molar-refractivity contribution is 0.0581. The summed E-state index contributed by atoms with van der Waals surface area (Å²) in [5.41, 5.74) is 23.0. The number of nitrogens with zero attached hydrogens (tertiary/aromatic N) is 5. The lowest BCUT2D eigenvalue weighted by atomic mass is 9.76. The Kier molecular flexibility index (Phi) is 18.7. The minimum Gasteiger partial charge on any atom is -0.463 e. The summed E-state index contributed by atoms with van der Waals surface area (Å²) in [6.07, 6.45) is 13.7. The summed E-state index contributed by atoms with van der Waals surface area (Å²) < 4.78 is 21.5. The maximum Gasteiger partial charge on any atom is 0.211 e. The molecule has 3 spiro atoms. The summed E-state index contributed by atoms with van der Waals surface area (Å²) in [5, 5.41) is 23.7. The largest absolute Gasteiger partial charge is 0.463 e. The van der Waals surface area contributed by atoms with E-state index in [9.17, 15) is 0 Å². The van der Waals surface area contributed by atoms with Gasteiger partial charge in [0.15, 0.2) is 0 Å². The topological polar surface area (TPSA) is 116 Å². The number of hydrogen-bond donors (Lipinski definition) is 6. The average molecular weight is 1420 g/mol. The van der Waals surface area contributed by atoms with E-state index in [1.807, 2.05) is 0 Å². The van der Waals surface area contributed by atoms with E-state index in [2.05, 4.69) is 338 Å². The first-order chi connectivity index (χ1) is 51.9. The first-order valence-corrected chi connectivity index (χ1v) is 39.0. The van der Waals surface area contributed by atoms with Gasteiger partial charge in [0, 0.05) is 173 Å². The lowest BCUT2D eigenvalue weighted by Crippen LogP contribution is -2.58. The SMILES string of the molecule is CN1c2ccccc2C(C)(C)[C@]12C=Cc1cc(-c3cc4cc(c3)CNCCN3CCNCc5cc(cc(-c6ccc7c(c6)C=C[C@]6(O7)N(C)c7ccccc7C6(C)C)c5)CNCCN(CCNC4)CCNCc4cc(cc(-c5ccc6c(c5)C=C[C@]5(O6)N(C)c6ccccc6C5(C)C)c4)CNCC3)ccc1O2. The molecular weight excluding hydrogens is 1320 g/mol. The Hall–Kier alpha value is -9.32. The van der Waals surface area contributed by atoms with Gasteiger partial charge in [-0.05, 0) is 252 Å². The summed E-state index contributed by atoms with van der Waals surface area (Å²) in [5.74, 6) is 2.72. The molecule has 107 heavy (non-hydrogen) atoms. The molecule has 8 bridgehead atoms. The molecule has 0 aromatic heterocycles. The van der Waals surface area contributed by atoms with Crippen molar-refractivity contribution in [2.24, 2.45) is 0 Å². The maximum absolute atomic E-state index is 7.16. The Balaban J connectivity index is 0.639. The monoisotopic (exact) mass is 1420 g/mol. The molecule has 9 aromatic rings. The van der Waals surface area contributed by atoms with Crippen LogP contribution in [0.15, 0.2) is 200 Å². The summed E-state index contributed by atoms with van der Waals surface area (Å²) in [4.78, 5) is 12.2. The molecule has 14 nitrogen and oxygen atoms in total. The Morgan fingerprint density at radius 3 is 0.766 bits per heavy atom. The molecule has 0 aliphatic carbocycles. The van der Waals surface area contributed by atoms with Crippen LogP contribution in [0.5, 0.6) is 17.2 Å². The minimum atomic E-state index is -0.634. The number of nitrogens with one attached hydrogen (secondary N) is 6. The first-order valence-electron chi connectivity index (χ1n) is 39.0. The molecule has 550 valence electrons. The Bertz CT molecular complexity index is 4380. The van der Waals surface area contributed by atoms with Gasteiger partial charge in [-0.25, -0.2) is 0 Å². The van der Waals surface area contributed by atoms with Crippen LogP contribution in [0.1, 0.15) is 108 Å². The third-order valence-electron chi connectivity index (χ3n) is 25.1. The van der Waals surface area contributed by atoms with E-state index in [0.29, 0.717) is 0 Å². The van der Waals surface area contributed by atoms with Gasteiger partial charge in [0.25, 0.3) is 0 Å². The second-order valence-corrected chi connectivity index (χ2v) is 32.6. The minimum absolute atomic E-state index is 0.268. The van der Waals surface area contributed by atoms with E-state index < -0.39 is 17.2 Å². The van der Waals surface area contributed by atoms with Gasteiger partial charge in [-0.3, -0.25) is 9.80 Å². The highest BCUT2D eigenvalue weighted by Gasteiger charge is 2.60. The number of anilines is 3. The number of hydrogen-bond acceptors (Lipinski definition) is 14. The Morgan fingerprint density at radius 1 is 0.280 bits per heavy atom. The summed E-state index contributed by atoms with van der Waals surface area (Å²) >= 11 is 0. The summed E-state index contributed by atoms with van der Waals surface area (Å²) in [7, 11) is 6.49. The highest BCUT2D eigenvalue weighted by molar-refractivity contribution is 5.80. The van der Waals surface area contributed by atoms with Crippen LogP contribution in [0, 0.1) is 0 Å². The molecule has 6 N–H and O–H groups in total. The van der Waals surface area contributed by atoms with Crippen LogP contribution in [0.4, 0.5) is 17.1 Å². The van der Waals surface area contributed by atoms with Crippen LogP contribution < -0.4 is 60.8 Å². The zero-order valence-corrected chi connectivity index (χ0v) is 64.0. The van der Waals surface area contributed by atoms with E-state index >= 15 is 0 Å². The first kappa shape index (κ1) is 70.6. The van der Waals surface area contributed by atoms with Crippen molar-refractivity contribution in [2.45, 2.75) is 114 Å². The highest BCUT2D eigenvalue weighted by Crippen LogP contribution is 2.58. The van der Waals surface area contributed by atoms with Crippen LogP contribution in [0.3, 0.4) is 0 Å². The fraction of sp³-hybridized carbons (Fsp3) is 0.355. The second-order valence-electron chi connectivity index (χ2n) is 32.6. The van der Waals surface area contributed by atoms with E-state index in [1.165, 1.54) is 101 Å². The van der Waals surface area contributed by atoms with Crippen molar-refractivity contribution in [1.82, 2.24) is 41.7 Å². The van der Waals surface area contributed by atoms with Gasteiger partial charge < -0.3 is 60.8 Å². The standard InChI is InChI=1S/C93H105N11O3/c1-88(2)79-16-10-13-19-82(79)100(7)91(88)31-28-73-55-70(22-25-85(73)105-91)76-49-64-46-65(50-76)59-95-35-41-104-43-37-97-61-67-47-66(51-77(52-67)71-23-26-86-74(56-71)29-32-92(106-86)89(3,4)80-17-11-14-20-83(80)101(92)8)60-96-36-42-103(40-34-94-58-64)44-38-98-62-68-48-69(63-99-39-45-104)54-78(53-68)72-24-27-87-75(57-72)30-33-93(107-87)90(5,6)81-18-12-15-21-84(81)102(93)9/h10-33,46-57,94-99H,34-45,58-63H2,1-9H3/t91-,92-,93-/m1/s1. The number of fused-ring (bicyclic) bond motifs is 24. The van der Waals surface area contributed by atoms with Crippen molar-refractivity contribution in [2.75, 3.05) is 114 Å². The third-order valence-corrected chi connectivity index (χ3v) is 25.1. The van der Waals surface area contributed by atoms with Gasteiger partial charge in [-0.2, -0.15) is 0 Å². The van der Waals surface area contributed by atoms with Crippen molar-refractivity contribution in [3.8, 4) is 50.6 Å². The molecule has 9 aliphatic heterocycles. The second kappa shape index (κ2) is 28.4. The van der Waals surface area contributed by atoms with Crippen LogP contribution >= 0.6 is 0 Å². The molecule has 0 amide bonds. The Labute approximate surface area is 633 Å². The van der Waals surface area contributed by atoms with Crippen LogP contribution in [-0.2, 0) is 55.5 Å². The zero-order valence-electron chi connectivity index (χ0n) is 64.0. The predicted molar refractivity (Wildman–Crippen MR) is 440 cm³/mol. The van der Waals surface area contributed by atoms with Gasteiger partial charge in [0.05, 0.1) is 16.2 Å². The highest BCUT2D eigenvalue weighted by atomic mass is 16.5. The molecule has 9 aliphatic rings. The zero-order chi connectivity index (χ0) is 73.3. The number of likely N-dealkylation sites (N-methyl/N-ethyl adjacent to an activating group) is 3. The van der Waals surface area contributed by atoms with Crippen LogP contribution in [0.25, 0.3) is 51.6 Å². The fourth-order valence-corrected chi connectivity index (χ4v) is 18.8. The van der Waals surface area contributed by atoms with Gasteiger partial charge in [0.1, 0.15) is 17.2 Å². The number of ether oxygens (including phenoxy) is 3.